The molecule has 0 aliphatic heterocycles. The number of hydrogen-bond donors (Lipinski definition) is 0. The van der Waals surface area contributed by atoms with Gasteiger partial charge in [-0.3, -0.25) is 0 Å². The van der Waals surface area contributed by atoms with Gasteiger partial charge in [0.05, 0.1) is 0 Å². The predicted octanol–water partition coefficient (Wildman–Crippen LogP) is 10.3. The quantitative estimate of drug-likeness (QED) is 0.120. The fourth-order valence-corrected chi connectivity index (χ4v) is 73.5. The van der Waals surface area contributed by atoms with E-state index in [4.69, 9.17) is 0 Å². The molecule has 4 aliphatic rings. The van der Waals surface area contributed by atoms with Crippen LogP contribution in [0.1, 0.15) is 77.6 Å². The van der Waals surface area contributed by atoms with Crippen molar-refractivity contribution in [3.05, 3.63) is 264 Å². The van der Waals surface area contributed by atoms with Crippen molar-refractivity contribution in [2.45, 2.75) is 68.5 Å². The Balaban J connectivity index is 0.000000206. The molecule has 0 saturated carbocycles. The SMILES string of the molecule is CC1=[C]([Hf]([C]2=C(C)C(c3ccccc3)=CC2C)=[Si](C)c2ccccc2)C(C)C=C1c1ccccc1.CC1=[C]([Hf]([C]2=C(C)C(c3ccccc3)=CC2C)=[Si](C)c2ccccc2)C(C)C=C1c1ccccc1.[Cl-].[Cl-]. The van der Waals surface area contributed by atoms with E-state index < -0.39 is 51.1 Å². The zero-order chi connectivity index (χ0) is 49.1. The van der Waals surface area contributed by atoms with Crippen molar-refractivity contribution in [2.24, 2.45) is 23.7 Å². The van der Waals surface area contributed by atoms with Crippen LogP contribution in [0.25, 0.3) is 22.3 Å². The molecular weight excluding hydrogens is 1280 g/mol. The van der Waals surface area contributed by atoms with Gasteiger partial charge in [0.2, 0.25) is 0 Å². The summed E-state index contributed by atoms with van der Waals surface area (Å²) in [7, 11) is 0. The van der Waals surface area contributed by atoms with Gasteiger partial charge in [0.1, 0.15) is 0 Å². The van der Waals surface area contributed by atoms with Crippen LogP contribution >= 0.6 is 0 Å². The van der Waals surface area contributed by atoms with Crippen LogP contribution in [0.5, 0.6) is 0 Å². The Morgan fingerprint density at radius 2 is 0.472 bits per heavy atom. The largest absolute Gasteiger partial charge is 1.00 e. The third-order valence-electron chi connectivity index (χ3n) is 15.3. The van der Waals surface area contributed by atoms with Crippen molar-refractivity contribution in [1.82, 2.24) is 0 Å². The van der Waals surface area contributed by atoms with Gasteiger partial charge in [-0.15, -0.1) is 0 Å². The molecule has 6 aromatic carbocycles. The molecule has 0 nitrogen and oxygen atoms in total. The minimum absolute atomic E-state index is 0. The Morgan fingerprint density at radius 3 is 0.667 bits per heavy atom. The van der Waals surface area contributed by atoms with E-state index in [0.717, 1.165) is 0 Å². The zero-order valence-corrected chi connectivity index (χ0v) is 54.4. The molecule has 72 heavy (non-hydrogen) atoms. The summed E-state index contributed by atoms with van der Waals surface area (Å²) in [6.07, 6.45) is 10.2. The maximum atomic E-state index is 2.63. The van der Waals surface area contributed by atoms with E-state index in [1.165, 1.54) is 44.5 Å². The molecule has 0 spiro atoms. The van der Waals surface area contributed by atoms with E-state index in [1.807, 2.05) is 13.3 Å². The summed E-state index contributed by atoms with van der Waals surface area (Å²) in [5.41, 5.74) is 16.3. The first-order valence-corrected chi connectivity index (χ1v) is 47.4. The number of rotatable bonds is 10. The van der Waals surface area contributed by atoms with Gasteiger partial charge in [-0.05, 0) is 0 Å². The summed E-state index contributed by atoms with van der Waals surface area (Å²) < 4.78 is 7.38. The van der Waals surface area contributed by atoms with Gasteiger partial charge < -0.3 is 24.8 Å². The Bertz CT molecular complexity index is 2870. The van der Waals surface area contributed by atoms with Crippen molar-refractivity contribution in [3.8, 4) is 0 Å². The Hall–Kier alpha value is -4.01. The molecule has 4 atom stereocenters. The molecule has 4 unspecified atom stereocenters. The van der Waals surface area contributed by atoms with Gasteiger partial charge in [-0.2, -0.15) is 0 Å². The van der Waals surface area contributed by atoms with E-state index >= 15 is 0 Å². The molecule has 0 aromatic heterocycles. The van der Waals surface area contributed by atoms with Gasteiger partial charge in [0.15, 0.2) is 0 Å². The Labute approximate surface area is 460 Å². The van der Waals surface area contributed by atoms with Crippen molar-refractivity contribution in [2.75, 3.05) is 0 Å². The van der Waals surface area contributed by atoms with E-state index in [-0.39, 0.29) is 24.8 Å². The van der Waals surface area contributed by atoms with Gasteiger partial charge in [0.25, 0.3) is 0 Å². The van der Waals surface area contributed by atoms with Crippen LogP contribution in [-0.4, -0.2) is 11.0 Å². The predicted molar refractivity (Wildman–Crippen MR) is 301 cm³/mol. The zero-order valence-electron chi connectivity index (χ0n) is 43.7. The van der Waals surface area contributed by atoms with Gasteiger partial charge in [-0.25, -0.2) is 0 Å². The second kappa shape index (κ2) is 25.0. The smallest absolute Gasteiger partial charge is 1.00 e. The van der Waals surface area contributed by atoms with Crippen LogP contribution in [0.3, 0.4) is 0 Å². The maximum Gasteiger partial charge on any atom is -1.00 e. The first kappa shape index (κ1) is 55.7. The number of hydrogen-bond acceptors (Lipinski definition) is 0. The molecule has 10 rings (SSSR count). The second-order valence-electron chi connectivity index (χ2n) is 19.8. The normalized spacial score (nSPS) is 19.1. The van der Waals surface area contributed by atoms with E-state index in [9.17, 15) is 0 Å². The van der Waals surface area contributed by atoms with E-state index in [1.54, 1.807) is 32.7 Å². The molecule has 0 fully saturated rings. The number of benzene rings is 6. The van der Waals surface area contributed by atoms with Gasteiger partial charge >= 0.3 is 440 Å². The summed E-state index contributed by atoms with van der Waals surface area (Å²) in [5.74, 6) is 2.13. The molecule has 0 heterocycles. The number of allylic oxidation sites excluding steroid dienone is 16. The molecule has 6 heteroatoms. The maximum absolute atomic E-state index is 2.63. The van der Waals surface area contributed by atoms with Crippen molar-refractivity contribution >= 4 is 43.7 Å². The fraction of sp³-hybridized carbons (Fsp3) is 0.212. The van der Waals surface area contributed by atoms with Crippen molar-refractivity contribution in [3.63, 3.8) is 0 Å². The van der Waals surface area contributed by atoms with Crippen LogP contribution in [0, 0.1) is 23.7 Å². The van der Waals surface area contributed by atoms with Crippen LogP contribution in [-0.2, 0) is 40.1 Å². The van der Waals surface area contributed by atoms with Crippen LogP contribution in [0.15, 0.2) is 242 Å². The molecule has 0 saturated heterocycles. The molecule has 4 aliphatic carbocycles. The third-order valence-corrected chi connectivity index (χ3v) is 70.1. The van der Waals surface area contributed by atoms with Crippen molar-refractivity contribution in [1.29, 1.82) is 0 Å². The van der Waals surface area contributed by atoms with Crippen LogP contribution < -0.4 is 35.2 Å². The molecular formula is C66H68Cl2Hf2Si2-2. The molecule has 6 aromatic rings. The fourth-order valence-electron chi connectivity index (χ4n) is 11.9. The summed E-state index contributed by atoms with van der Waals surface area (Å²) in [5, 5.41) is 3.22. The summed E-state index contributed by atoms with van der Waals surface area (Å²) in [6.45, 7) is 24.8. The van der Waals surface area contributed by atoms with Gasteiger partial charge in [-0.1, -0.05) is 0 Å². The topological polar surface area (TPSA) is 0 Å². The minimum atomic E-state index is -2.48. The molecule has 0 N–H and O–H groups in total. The van der Waals surface area contributed by atoms with Crippen LogP contribution in [0.4, 0.5) is 0 Å². The monoisotopic (exact) mass is 1350 g/mol. The third kappa shape index (κ3) is 11.5. The van der Waals surface area contributed by atoms with Gasteiger partial charge in [0, 0.05) is 0 Å². The average Bonchev–Trinajstić information content (AvgIpc) is 4.08. The Morgan fingerprint density at radius 1 is 0.292 bits per heavy atom. The molecule has 0 radical (unpaired) electrons. The Kier molecular flexibility index (Phi) is 19.4. The van der Waals surface area contributed by atoms with Crippen molar-refractivity contribution < 1.29 is 64.9 Å². The molecule has 0 bridgehead atoms. The van der Waals surface area contributed by atoms with E-state index in [0.29, 0.717) is 23.7 Å². The first-order valence-electron chi connectivity index (χ1n) is 25.4. The minimum Gasteiger partial charge on any atom is -1.00 e. The molecule has 0 amide bonds. The van der Waals surface area contributed by atoms with E-state index in [2.05, 4.69) is 275 Å². The summed E-state index contributed by atoms with van der Waals surface area (Å²) >= 11 is -4.96. The first-order chi connectivity index (χ1) is 33.9. The summed E-state index contributed by atoms with van der Waals surface area (Å²) in [4.78, 5) is 0. The molecule has 364 valence electrons. The number of halogens is 2. The standard InChI is InChI=1S/4C13H13.2C7H8Si.2ClH.2Hf/c4*1-10-8-11(2)13(9-10)12-6-4-3-5-7-12;2*1-8-7-5-3-2-4-6-7;;;;/h4*3-7,9-10H,1-2H3;2*2-6H,1H3;2*1H;;/p-2. The summed E-state index contributed by atoms with van der Waals surface area (Å²) in [6, 6.07) is 67.1. The second-order valence-corrected chi connectivity index (χ2v) is 61.0. The average molecular weight is 1350 g/mol. The van der Waals surface area contributed by atoms with Crippen LogP contribution in [0.2, 0.25) is 13.1 Å².